The first-order valence-electron chi connectivity index (χ1n) is 5.91. The predicted octanol–water partition coefficient (Wildman–Crippen LogP) is 1.03. The summed E-state index contributed by atoms with van der Waals surface area (Å²) in [4.78, 5) is 13.6. The monoisotopic (exact) mass is 229 g/mol. The SMILES string of the molecule is COC(=O)C(C)(O)CN(CC(C)C)C1CC1. The average molecular weight is 229 g/mol. The van der Waals surface area contributed by atoms with Gasteiger partial charge < -0.3 is 9.84 Å². The molecule has 1 unspecified atom stereocenters. The van der Waals surface area contributed by atoms with Gasteiger partial charge in [-0.1, -0.05) is 13.8 Å². The van der Waals surface area contributed by atoms with E-state index in [0.29, 0.717) is 18.5 Å². The summed E-state index contributed by atoms with van der Waals surface area (Å²) in [7, 11) is 1.31. The second-order valence-corrected chi connectivity index (χ2v) is 5.32. The van der Waals surface area contributed by atoms with E-state index in [1.807, 2.05) is 0 Å². The Labute approximate surface area is 97.6 Å². The van der Waals surface area contributed by atoms with Gasteiger partial charge in [-0.25, -0.2) is 4.79 Å². The van der Waals surface area contributed by atoms with E-state index in [4.69, 9.17) is 0 Å². The minimum atomic E-state index is -1.40. The molecule has 0 bridgehead atoms. The molecule has 1 atom stereocenters. The zero-order valence-corrected chi connectivity index (χ0v) is 10.7. The first-order valence-corrected chi connectivity index (χ1v) is 5.91. The van der Waals surface area contributed by atoms with E-state index in [0.717, 1.165) is 6.54 Å². The van der Waals surface area contributed by atoms with E-state index in [-0.39, 0.29) is 0 Å². The van der Waals surface area contributed by atoms with Crippen molar-refractivity contribution in [3.8, 4) is 0 Å². The van der Waals surface area contributed by atoms with E-state index in [1.54, 1.807) is 0 Å². The maximum absolute atomic E-state index is 11.4. The van der Waals surface area contributed by atoms with Gasteiger partial charge in [-0.05, 0) is 25.7 Å². The molecular weight excluding hydrogens is 206 g/mol. The van der Waals surface area contributed by atoms with Crippen LogP contribution in [0.2, 0.25) is 0 Å². The lowest BCUT2D eigenvalue weighted by Crippen LogP contribution is -2.49. The first-order chi connectivity index (χ1) is 7.36. The van der Waals surface area contributed by atoms with Crippen LogP contribution in [0.25, 0.3) is 0 Å². The van der Waals surface area contributed by atoms with Crippen molar-refractivity contribution in [1.29, 1.82) is 0 Å². The van der Waals surface area contributed by atoms with Crippen molar-refractivity contribution in [3.63, 3.8) is 0 Å². The summed E-state index contributed by atoms with van der Waals surface area (Å²) >= 11 is 0. The van der Waals surface area contributed by atoms with Crippen molar-refractivity contribution in [2.45, 2.75) is 45.3 Å². The Morgan fingerprint density at radius 1 is 1.56 bits per heavy atom. The first kappa shape index (κ1) is 13.5. The molecule has 1 fully saturated rings. The molecule has 1 aliphatic rings. The highest BCUT2D eigenvalue weighted by atomic mass is 16.5. The average Bonchev–Trinajstić information content (AvgIpc) is 2.97. The Morgan fingerprint density at radius 3 is 2.50 bits per heavy atom. The number of aliphatic hydroxyl groups is 1. The van der Waals surface area contributed by atoms with Crippen LogP contribution in [0.3, 0.4) is 0 Å². The van der Waals surface area contributed by atoms with Gasteiger partial charge in [0.25, 0.3) is 0 Å². The topological polar surface area (TPSA) is 49.8 Å². The summed E-state index contributed by atoms with van der Waals surface area (Å²) in [6.45, 7) is 7.08. The molecule has 1 saturated carbocycles. The van der Waals surface area contributed by atoms with Crippen LogP contribution in [-0.2, 0) is 9.53 Å². The van der Waals surface area contributed by atoms with E-state index in [1.165, 1.54) is 26.9 Å². The Kier molecular flexibility index (Phi) is 4.33. The molecule has 0 aliphatic heterocycles. The third-order valence-corrected chi connectivity index (χ3v) is 2.80. The van der Waals surface area contributed by atoms with Gasteiger partial charge in [0.2, 0.25) is 0 Å². The molecule has 0 radical (unpaired) electrons. The number of nitrogens with zero attached hydrogens (tertiary/aromatic N) is 1. The fourth-order valence-electron chi connectivity index (χ4n) is 1.93. The number of hydrogen-bond donors (Lipinski definition) is 1. The van der Waals surface area contributed by atoms with E-state index in [2.05, 4.69) is 23.5 Å². The van der Waals surface area contributed by atoms with Crippen LogP contribution in [0.15, 0.2) is 0 Å². The highest BCUT2D eigenvalue weighted by Crippen LogP contribution is 2.29. The summed E-state index contributed by atoms with van der Waals surface area (Å²) in [5.41, 5.74) is -1.40. The van der Waals surface area contributed by atoms with Crippen molar-refractivity contribution in [1.82, 2.24) is 4.90 Å². The molecule has 4 nitrogen and oxygen atoms in total. The number of esters is 1. The zero-order chi connectivity index (χ0) is 12.3. The lowest BCUT2D eigenvalue weighted by molar-refractivity contribution is -0.162. The van der Waals surface area contributed by atoms with Gasteiger partial charge in [0.05, 0.1) is 7.11 Å². The van der Waals surface area contributed by atoms with Crippen molar-refractivity contribution in [2.24, 2.45) is 5.92 Å². The summed E-state index contributed by atoms with van der Waals surface area (Å²) in [6, 6.07) is 0.540. The van der Waals surface area contributed by atoms with Gasteiger partial charge >= 0.3 is 5.97 Å². The third kappa shape index (κ3) is 3.76. The molecular formula is C12H23NO3. The van der Waals surface area contributed by atoms with Gasteiger partial charge in [-0.2, -0.15) is 0 Å². The van der Waals surface area contributed by atoms with E-state index in [9.17, 15) is 9.90 Å². The Bertz CT molecular complexity index is 247. The van der Waals surface area contributed by atoms with Gasteiger partial charge in [-0.15, -0.1) is 0 Å². The van der Waals surface area contributed by atoms with Gasteiger partial charge in [-0.3, -0.25) is 4.90 Å². The maximum Gasteiger partial charge on any atom is 0.338 e. The second-order valence-electron chi connectivity index (χ2n) is 5.32. The molecule has 16 heavy (non-hydrogen) atoms. The molecule has 0 aromatic rings. The third-order valence-electron chi connectivity index (χ3n) is 2.80. The van der Waals surface area contributed by atoms with Crippen molar-refractivity contribution < 1.29 is 14.6 Å². The molecule has 1 aliphatic carbocycles. The Balaban J connectivity index is 2.56. The van der Waals surface area contributed by atoms with Crippen molar-refractivity contribution in [3.05, 3.63) is 0 Å². The number of carbonyl (C=O) groups is 1. The number of rotatable bonds is 6. The Hall–Kier alpha value is -0.610. The molecule has 0 spiro atoms. The summed E-state index contributed by atoms with van der Waals surface area (Å²) in [5.74, 6) is -0.0176. The minimum absolute atomic E-state index is 0.364. The summed E-state index contributed by atoms with van der Waals surface area (Å²) in [5, 5.41) is 10.0. The zero-order valence-electron chi connectivity index (χ0n) is 10.7. The lowest BCUT2D eigenvalue weighted by atomic mass is 10.1. The van der Waals surface area contributed by atoms with Crippen LogP contribution in [-0.4, -0.2) is 47.8 Å². The largest absolute Gasteiger partial charge is 0.467 e. The number of methoxy groups -OCH3 is 1. The standard InChI is InChI=1S/C12H23NO3/c1-9(2)7-13(10-5-6-10)8-12(3,15)11(14)16-4/h9-10,15H,5-8H2,1-4H3. The van der Waals surface area contributed by atoms with Crippen LogP contribution in [0.4, 0.5) is 0 Å². The minimum Gasteiger partial charge on any atom is -0.467 e. The van der Waals surface area contributed by atoms with Crippen LogP contribution < -0.4 is 0 Å². The van der Waals surface area contributed by atoms with E-state index >= 15 is 0 Å². The number of carbonyl (C=O) groups excluding carboxylic acids is 1. The second kappa shape index (κ2) is 5.15. The lowest BCUT2D eigenvalue weighted by Gasteiger charge is -2.30. The van der Waals surface area contributed by atoms with Crippen LogP contribution >= 0.6 is 0 Å². The van der Waals surface area contributed by atoms with Gasteiger partial charge in [0, 0.05) is 19.1 Å². The maximum atomic E-state index is 11.4. The smallest absolute Gasteiger partial charge is 0.338 e. The van der Waals surface area contributed by atoms with E-state index < -0.39 is 11.6 Å². The van der Waals surface area contributed by atoms with Crippen molar-refractivity contribution in [2.75, 3.05) is 20.2 Å². The molecule has 1 N–H and O–H groups in total. The molecule has 0 heterocycles. The van der Waals surface area contributed by atoms with Crippen LogP contribution in [0.1, 0.15) is 33.6 Å². The normalized spacial score (nSPS) is 19.9. The molecule has 0 amide bonds. The molecule has 0 saturated heterocycles. The quantitative estimate of drug-likeness (QED) is 0.691. The van der Waals surface area contributed by atoms with Gasteiger partial charge in [0.15, 0.2) is 5.60 Å². The van der Waals surface area contributed by atoms with Gasteiger partial charge in [0.1, 0.15) is 0 Å². The molecule has 0 aromatic heterocycles. The summed E-state index contributed by atoms with van der Waals surface area (Å²) < 4.78 is 4.61. The van der Waals surface area contributed by atoms with Crippen LogP contribution in [0.5, 0.6) is 0 Å². The molecule has 4 heteroatoms. The number of hydrogen-bond acceptors (Lipinski definition) is 4. The molecule has 94 valence electrons. The summed E-state index contributed by atoms with van der Waals surface area (Å²) in [6.07, 6.45) is 2.34. The predicted molar refractivity (Wildman–Crippen MR) is 62.1 cm³/mol. The highest BCUT2D eigenvalue weighted by Gasteiger charge is 2.38. The number of ether oxygens (including phenoxy) is 1. The van der Waals surface area contributed by atoms with Crippen molar-refractivity contribution >= 4 is 5.97 Å². The molecule has 0 aromatic carbocycles. The fourth-order valence-corrected chi connectivity index (χ4v) is 1.93. The fraction of sp³-hybridized carbons (Fsp3) is 0.917. The highest BCUT2D eigenvalue weighted by molar-refractivity contribution is 5.78. The van der Waals surface area contributed by atoms with Crippen LogP contribution in [0, 0.1) is 5.92 Å². The Morgan fingerprint density at radius 2 is 2.12 bits per heavy atom. The molecule has 1 rings (SSSR count).